The van der Waals surface area contributed by atoms with Gasteiger partial charge in [-0.3, -0.25) is 4.90 Å². The maximum atomic E-state index is 4.21. The fourth-order valence-corrected chi connectivity index (χ4v) is 3.31. The molecule has 0 aromatic carbocycles. The summed E-state index contributed by atoms with van der Waals surface area (Å²) in [4.78, 5) is 2.57. The quantitative estimate of drug-likeness (QED) is 0.863. The Morgan fingerprint density at radius 2 is 2.17 bits per heavy atom. The first-order valence-corrected chi connectivity index (χ1v) is 7.11. The van der Waals surface area contributed by atoms with Crippen LogP contribution in [0.4, 0.5) is 0 Å². The molecule has 2 aliphatic heterocycles. The van der Waals surface area contributed by atoms with Gasteiger partial charge in [-0.15, -0.1) is 10.2 Å². The first kappa shape index (κ1) is 12.1. The van der Waals surface area contributed by atoms with E-state index in [2.05, 4.69) is 31.9 Å². The largest absolute Gasteiger partial charge is 0.317 e. The summed E-state index contributed by atoms with van der Waals surface area (Å²) in [5.41, 5.74) is 0.521. The van der Waals surface area contributed by atoms with E-state index in [1.54, 1.807) is 0 Å². The summed E-state index contributed by atoms with van der Waals surface area (Å²) in [6, 6.07) is 0. The summed E-state index contributed by atoms with van der Waals surface area (Å²) in [6.07, 6.45) is 5.77. The van der Waals surface area contributed by atoms with Gasteiger partial charge in [0.25, 0.3) is 0 Å². The van der Waals surface area contributed by atoms with Gasteiger partial charge in [-0.1, -0.05) is 6.92 Å². The molecule has 0 radical (unpaired) electrons. The van der Waals surface area contributed by atoms with Gasteiger partial charge in [0.1, 0.15) is 12.2 Å². The average Bonchev–Trinajstić information content (AvgIpc) is 2.87. The van der Waals surface area contributed by atoms with Crippen LogP contribution in [0.2, 0.25) is 0 Å². The summed E-state index contributed by atoms with van der Waals surface area (Å²) in [7, 11) is 0. The molecule has 0 bridgehead atoms. The molecule has 0 spiro atoms. The molecule has 0 saturated carbocycles. The van der Waals surface area contributed by atoms with E-state index in [1.165, 1.54) is 38.9 Å². The molecule has 1 saturated heterocycles. The minimum Gasteiger partial charge on any atom is -0.317 e. The summed E-state index contributed by atoms with van der Waals surface area (Å²) < 4.78 is 2.18. The predicted molar refractivity (Wildman–Crippen MR) is 70.1 cm³/mol. The third kappa shape index (κ3) is 2.29. The summed E-state index contributed by atoms with van der Waals surface area (Å²) in [6.45, 7) is 9.07. The van der Waals surface area contributed by atoms with Crippen molar-refractivity contribution in [3.8, 4) is 0 Å². The number of nitrogens with one attached hydrogen (secondary N) is 1. The van der Waals surface area contributed by atoms with Crippen molar-refractivity contribution in [3.63, 3.8) is 0 Å². The van der Waals surface area contributed by atoms with Crippen molar-refractivity contribution >= 4 is 0 Å². The maximum absolute atomic E-state index is 4.21. The van der Waals surface area contributed by atoms with Crippen LogP contribution in [0.5, 0.6) is 0 Å². The molecule has 1 aromatic rings. The normalized spacial score (nSPS) is 23.8. The van der Waals surface area contributed by atoms with Gasteiger partial charge in [-0.25, -0.2) is 0 Å². The highest BCUT2D eigenvalue weighted by Crippen LogP contribution is 2.34. The monoisotopic (exact) mass is 249 g/mol. The molecule has 0 unspecified atom stereocenters. The second-order valence-corrected chi connectivity index (χ2v) is 5.75. The molecule has 1 aromatic heterocycles. The van der Waals surface area contributed by atoms with Crippen LogP contribution >= 0.6 is 0 Å². The second-order valence-electron chi connectivity index (χ2n) is 5.75. The number of nitrogens with zero attached hydrogens (tertiary/aromatic N) is 4. The Kier molecular flexibility index (Phi) is 3.35. The molecule has 18 heavy (non-hydrogen) atoms. The zero-order valence-electron chi connectivity index (χ0n) is 11.2. The van der Waals surface area contributed by atoms with Crippen molar-refractivity contribution in [1.29, 1.82) is 0 Å². The molecular formula is C13H23N5. The number of hydrogen-bond donors (Lipinski definition) is 1. The van der Waals surface area contributed by atoms with Crippen molar-refractivity contribution in [2.75, 3.05) is 26.2 Å². The molecule has 1 N–H and O–H groups in total. The molecule has 3 heterocycles. The molecule has 5 nitrogen and oxygen atoms in total. The lowest BCUT2D eigenvalue weighted by Gasteiger charge is -2.41. The molecule has 1 fully saturated rings. The van der Waals surface area contributed by atoms with Gasteiger partial charge >= 0.3 is 0 Å². The van der Waals surface area contributed by atoms with Crippen LogP contribution in [0.15, 0.2) is 6.33 Å². The van der Waals surface area contributed by atoms with Crippen molar-refractivity contribution < 1.29 is 0 Å². The van der Waals surface area contributed by atoms with E-state index >= 15 is 0 Å². The Morgan fingerprint density at radius 3 is 2.94 bits per heavy atom. The average molecular weight is 249 g/mol. The third-order valence-electron chi connectivity index (χ3n) is 4.69. The zero-order chi connectivity index (χ0) is 12.4. The lowest BCUT2D eigenvalue weighted by molar-refractivity contribution is 0.0876. The van der Waals surface area contributed by atoms with Crippen LogP contribution in [0.1, 0.15) is 32.0 Å². The van der Waals surface area contributed by atoms with E-state index < -0.39 is 0 Å². The van der Waals surface area contributed by atoms with E-state index in [1.807, 2.05) is 6.33 Å². The first-order valence-electron chi connectivity index (χ1n) is 7.11. The molecular weight excluding hydrogens is 226 g/mol. The van der Waals surface area contributed by atoms with Crippen LogP contribution in [0.25, 0.3) is 0 Å². The highest BCUT2D eigenvalue weighted by Gasteiger charge is 2.33. The smallest absolute Gasteiger partial charge is 0.147 e. The Labute approximate surface area is 109 Å². The number of piperidine rings is 1. The SMILES string of the molecule is CCC1(CN2CCn3cnnc3C2)CCNCC1. The van der Waals surface area contributed by atoms with Crippen LogP contribution in [-0.4, -0.2) is 45.8 Å². The van der Waals surface area contributed by atoms with Gasteiger partial charge in [0, 0.05) is 19.6 Å². The topological polar surface area (TPSA) is 46.0 Å². The zero-order valence-corrected chi connectivity index (χ0v) is 11.2. The number of rotatable bonds is 3. The molecule has 0 amide bonds. The van der Waals surface area contributed by atoms with Crippen molar-refractivity contribution in [3.05, 3.63) is 12.2 Å². The standard InChI is InChI=1S/C13H23N5/c1-2-13(3-5-14-6-4-13)10-17-7-8-18-11-15-16-12(18)9-17/h11,14H,2-10H2,1H3. The van der Waals surface area contributed by atoms with Gasteiger partial charge in [-0.2, -0.15) is 0 Å². The molecule has 5 heteroatoms. The number of hydrogen-bond acceptors (Lipinski definition) is 4. The van der Waals surface area contributed by atoms with Gasteiger partial charge in [0.2, 0.25) is 0 Å². The van der Waals surface area contributed by atoms with Crippen LogP contribution in [-0.2, 0) is 13.1 Å². The Balaban J connectivity index is 1.66. The van der Waals surface area contributed by atoms with Gasteiger partial charge in [-0.05, 0) is 37.8 Å². The van der Waals surface area contributed by atoms with Crippen molar-refractivity contribution in [2.45, 2.75) is 39.3 Å². The lowest BCUT2D eigenvalue weighted by Crippen LogP contribution is -2.46. The van der Waals surface area contributed by atoms with E-state index in [0.29, 0.717) is 5.41 Å². The molecule has 2 aliphatic rings. The van der Waals surface area contributed by atoms with E-state index in [4.69, 9.17) is 0 Å². The molecule has 0 aliphatic carbocycles. The van der Waals surface area contributed by atoms with Crippen LogP contribution in [0.3, 0.4) is 0 Å². The summed E-state index contributed by atoms with van der Waals surface area (Å²) >= 11 is 0. The van der Waals surface area contributed by atoms with Crippen LogP contribution < -0.4 is 5.32 Å². The van der Waals surface area contributed by atoms with Gasteiger partial charge < -0.3 is 9.88 Å². The number of aromatic nitrogens is 3. The van der Waals surface area contributed by atoms with E-state index in [9.17, 15) is 0 Å². The highest BCUT2D eigenvalue weighted by atomic mass is 15.3. The number of fused-ring (bicyclic) bond motifs is 1. The Bertz CT molecular complexity index is 394. The van der Waals surface area contributed by atoms with Crippen LogP contribution in [0, 0.1) is 5.41 Å². The van der Waals surface area contributed by atoms with E-state index in [0.717, 1.165) is 25.5 Å². The third-order valence-corrected chi connectivity index (χ3v) is 4.69. The summed E-state index contributed by atoms with van der Waals surface area (Å²) in [5, 5.41) is 11.7. The minimum atomic E-state index is 0.521. The molecule has 0 atom stereocenters. The Hall–Kier alpha value is -0.940. The second kappa shape index (κ2) is 4.97. The van der Waals surface area contributed by atoms with Crippen molar-refractivity contribution in [2.24, 2.45) is 5.41 Å². The van der Waals surface area contributed by atoms with Gasteiger partial charge in [0.05, 0.1) is 6.54 Å². The molecule has 3 rings (SSSR count). The van der Waals surface area contributed by atoms with Gasteiger partial charge in [0.15, 0.2) is 0 Å². The fourth-order valence-electron chi connectivity index (χ4n) is 3.31. The maximum Gasteiger partial charge on any atom is 0.147 e. The summed E-state index contributed by atoms with van der Waals surface area (Å²) in [5.74, 6) is 1.13. The lowest BCUT2D eigenvalue weighted by atomic mass is 9.76. The molecule has 100 valence electrons. The fraction of sp³-hybridized carbons (Fsp3) is 0.846. The highest BCUT2D eigenvalue weighted by molar-refractivity contribution is 4.93. The predicted octanol–water partition coefficient (Wildman–Crippen LogP) is 0.873. The minimum absolute atomic E-state index is 0.521. The Morgan fingerprint density at radius 1 is 1.33 bits per heavy atom. The first-order chi connectivity index (χ1) is 8.81. The van der Waals surface area contributed by atoms with E-state index in [-0.39, 0.29) is 0 Å². The van der Waals surface area contributed by atoms with Crippen molar-refractivity contribution in [1.82, 2.24) is 25.0 Å².